The minimum absolute atomic E-state index is 0.00796. The zero-order chi connectivity index (χ0) is 38.6. The van der Waals surface area contributed by atoms with E-state index in [1.165, 1.54) is 0 Å². The van der Waals surface area contributed by atoms with Gasteiger partial charge in [-0.1, -0.05) is 35.9 Å². The summed E-state index contributed by atoms with van der Waals surface area (Å²) in [4.78, 5) is 41.6. The average molecular weight is 765 g/mol. The molecule has 1 amide bonds. The quantitative estimate of drug-likeness (QED) is 0.0838. The van der Waals surface area contributed by atoms with Crippen LogP contribution in [-0.4, -0.2) is 72.2 Å². The summed E-state index contributed by atoms with van der Waals surface area (Å²) in [5.41, 5.74) is 7.76. The Labute approximate surface area is 326 Å². The van der Waals surface area contributed by atoms with E-state index in [4.69, 9.17) is 21.6 Å². The van der Waals surface area contributed by atoms with Gasteiger partial charge in [0.25, 0.3) is 5.91 Å². The number of pyridine rings is 2. The molecule has 288 valence electrons. The van der Waals surface area contributed by atoms with Gasteiger partial charge < -0.3 is 30.7 Å². The number of aliphatic hydroxyl groups is 1. The van der Waals surface area contributed by atoms with E-state index in [2.05, 4.69) is 31.9 Å². The molecule has 13 heteroatoms. The molecule has 4 heterocycles. The molecule has 1 aliphatic heterocycles. The number of fused-ring (bicyclic) bond motifs is 2. The Hall–Kier alpha value is -4.88. The highest BCUT2D eigenvalue weighted by molar-refractivity contribution is 6.36. The predicted molar refractivity (Wildman–Crippen MR) is 216 cm³/mol. The van der Waals surface area contributed by atoms with Crippen LogP contribution in [0.3, 0.4) is 0 Å². The molecule has 1 aliphatic carbocycles. The lowest BCUT2D eigenvalue weighted by molar-refractivity contribution is -0.143. The van der Waals surface area contributed by atoms with Gasteiger partial charge in [0.15, 0.2) is 11.6 Å². The van der Waals surface area contributed by atoms with Gasteiger partial charge in [-0.15, -0.1) is 0 Å². The minimum Gasteiger partial charge on any atom is -0.481 e. The fourth-order valence-corrected chi connectivity index (χ4v) is 8.17. The minimum atomic E-state index is -0.663. The van der Waals surface area contributed by atoms with Crippen LogP contribution in [0.15, 0.2) is 60.9 Å². The molecule has 1 unspecified atom stereocenters. The van der Waals surface area contributed by atoms with E-state index < -0.39 is 5.97 Å². The molecule has 0 saturated heterocycles. The van der Waals surface area contributed by atoms with Gasteiger partial charge in [-0.2, -0.15) is 0 Å². The van der Waals surface area contributed by atoms with Crippen LogP contribution in [0, 0.1) is 18.8 Å². The van der Waals surface area contributed by atoms with Crippen molar-refractivity contribution in [2.75, 3.05) is 30.3 Å². The number of benzene rings is 2. The standard InChI is InChI=1S/C42H49ClN8O4/c1-25(24-52)45-21-28-20-30-14-17-44-39(38(30)46-22-28)47-33-8-4-6-31(26(33)2)32-7-5-9-34(37(32)43)49-41(53)40-48-35-23-51(19-16-36(35)50(40)3)18-15-27-10-12-29(13-11-27)42(54)55/h4-9,14,17,20,22,25,27,29,45,52H,10-13,15-16,18-19,21,23-24H2,1-3H3,(H,44,47)(H,49,53)(H,54,55)/t25?,27-,29-. The van der Waals surface area contributed by atoms with E-state index in [0.717, 1.165) is 102 Å². The van der Waals surface area contributed by atoms with Gasteiger partial charge in [-0.05, 0) is 99.4 Å². The molecule has 0 spiro atoms. The lowest BCUT2D eigenvalue weighted by Gasteiger charge is -2.30. The molecule has 2 aromatic carbocycles. The van der Waals surface area contributed by atoms with E-state index in [1.54, 1.807) is 12.3 Å². The average Bonchev–Trinajstić information content (AvgIpc) is 3.53. The number of aliphatic hydroxyl groups excluding tert-OH is 1. The third-order valence-electron chi connectivity index (χ3n) is 11.3. The number of anilines is 3. The number of aromatic nitrogens is 4. The maximum absolute atomic E-state index is 13.7. The Morgan fingerprint density at radius 2 is 1.80 bits per heavy atom. The highest BCUT2D eigenvalue weighted by atomic mass is 35.5. The summed E-state index contributed by atoms with van der Waals surface area (Å²) < 4.78 is 1.90. The fourth-order valence-electron chi connectivity index (χ4n) is 7.89. The molecule has 5 aromatic rings. The zero-order valence-electron chi connectivity index (χ0n) is 31.6. The number of hydrogen-bond donors (Lipinski definition) is 5. The molecule has 12 nitrogen and oxygen atoms in total. The Bertz CT molecular complexity index is 2200. The van der Waals surface area contributed by atoms with Crippen LogP contribution >= 0.6 is 11.6 Å². The van der Waals surface area contributed by atoms with Crippen LogP contribution in [0.4, 0.5) is 17.2 Å². The Balaban J connectivity index is 1.03. The lowest BCUT2D eigenvalue weighted by Crippen LogP contribution is -2.33. The molecule has 5 N–H and O–H groups in total. The summed E-state index contributed by atoms with van der Waals surface area (Å²) in [5, 5.41) is 29.9. The molecule has 55 heavy (non-hydrogen) atoms. The molecular formula is C42H49ClN8O4. The third-order valence-corrected chi connectivity index (χ3v) is 11.7. The van der Waals surface area contributed by atoms with Crippen molar-refractivity contribution in [3.8, 4) is 11.1 Å². The number of imidazole rings is 1. The number of carboxylic acids is 1. The number of hydrogen-bond acceptors (Lipinski definition) is 9. The molecule has 0 radical (unpaired) electrons. The van der Waals surface area contributed by atoms with Crippen molar-refractivity contribution >= 4 is 51.6 Å². The van der Waals surface area contributed by atoms with Crippen LogP contribution in [0.1, 0.15) is 72.2 Å². The van der Waals surface area contributed by atoms with Gasteiger partial charge in [-0.25, -0.2) is 9.97 Å². The number of halogens is 1. The maximum Gasteiger partial charge on any atom is 0.306 e. The molecule has 3 aromatic heterocycles. The second-order valence-electron chi connectivity index (χ2n) is 15.0. The molecular weight excluding hydrogens is 716 g/mol. The number of aliphatic carboxylic acids is 1. The predicted octanol–water partition coefficient (Wildman–Crippen LogP) is 7.10. The van der Waals surface area contributed by atoms with E-state index >= 15 is 0 Å². The maximum atomic E-state index is 13.7. The smallest absolute Gasteiger partial charge is 0.306 e. The highest BCUT2D eigenvalue weighted by Crippen LogP contribution is 2.39. The molecule has 7 rings (SSSR count). The van der Waals surface area contributed by atoms with Crippen LogP contribution < -0.4 is 16.0 Å². The highest BCUT2D eigenvalue weighted by Gasteiger charge is 2.29. The van der Waals surface area contributed by atoms with Crippen molar-refractivity contribution in [3.63, 3.8) is 0 Å². The van der Waals surface area contributed by atoms with Gasteiger partial charge in [0.2, 0.25) is 0 Å². The van der Waals surface area contributed by atoms with Gasteiger partial charge in [0, 0.05) is 73.9 Å². The molecule has 1 atom stereocenters. The van der Waals surface area contributed by atoms with Crippen molar-refractivity contribution in [2.45, 2.75) is 71.5 Å². The van der Waals surface area contributed by atoms with Gasteiger partial charge >= 0.3 is 5.97 Å². The summed E-state index contributed by atoms with van der Waals surface area (Å²) in [6.45, 7) is 7.15. The number of rotatable bonds is 13. The van der Waals surface area contributed by atoms with Crippen molar-refractivity contribution in [3.05, 3.63) is 94.3 Å². The number of carbonyl (C=O) groups is 2. The Morgan fingerprint density at radius 1 is 1.04 bits per heavy atom. The fraction of sp³-hybridized carbons (Fsp3) is 0.405. The Morgan fingerprint density at radius 3 is 2.56 bits per heavy atom. The molecule has 1 saturated carbocycles. The number of nitrogens with zero attached hydrogens (tertiary/aromatic N) is 5. The summed E-state index contributed by atoms with van der Waals surface area (Å²) in [5.74, 6) is 0.375. The van der Waals surface area contributed by atoms with E-state index in [1.807, 2.05) is 68.1 Å². The van der Waals surface area contributed by atoms with Gasteiger partial charge in [0.05, 0.1) is 28.9 Å². The zero-order valence-corrected chi connectivity index (χ0v) is 32.4. The number of nitrogens with one attached hydrogen (secondary N) is 3. The summed E-state index contributed by atoms with van der Waals surface area (Å²) in [7, 11) is 1.90. The van der Waals surface area contributed by atoms with Gasteiger partial charge in [0.1, 0.15) is 5.52 Å². The molecule has 2 aliphatic rings. The number of carboxylic acid groups (broad SMARTS) is 1. The Kier molecular flexibility index (Phi) is 11.8. The SMILES string of the molecule is Cc1c(Nc2nccc3cc(CNC(C)CO)cnc23)cccc1-c1cccc(NC(=O)c2nc3c(n2C)CCN(CC[C@H]2CC[C@H](C(=O)O)CC2)C3)c1Cl. The topological polar surface area (TPSA) is 158 Å². The third kappa shape index (κ3) is 8.52. The van der Waals surface area contributed by atoms with Crippen LogP contribution in [0.25, 0.3) is 22.0 Å². The van der Waals surface area contributed by atoms with Crippen LogP contribution in [0.2, 0.25) is 5.02 Å². The normalized spacial score (nSPS) is 17.8. The first-order chi connectivity index (χ1) is 26.6. The largest absolute Gasteiger partial charge is 0.481 e. The van der Waals surface area contributed by atoms with Crippen molar-refractivity contribution in [1.29, 1.82) is 0 Å². The molecule has 1 fully saturated rings. The van der Waals surface area contributed by atoms with Crippen LogP contribution in [-0.2, 0) is 31.4 Å². The second-order valence-corrected chi connectivity index (χ2v) is 15.4. The lowest BCUT2D eigenvalue weighted by atomic mass is 9.80. The first-order valence-electron chi connectivity index (χ1n) is 19.1. The van der Waals surface area contributed by atoms with E-state index in [-0.39, 0.29) is 24.5 Å². The summed E-state index contributed by atoms with van der Waals surface area (Å²) >= 11 is 7.05. The molecule has 0 bridgehead atoms. The van der Waals surface area contributed by atoms with Crippen LogP contribution in [0.5, 0.6) is 0 Å². The second kappa shape index (κ2) is 16.9. The number of carbonyl (C=O) groups excluding carboxylic acids is 1. The summed E-state index contributed by atoms with van der Waals surface area (Å²) in [6.07, 6.45) is 8.94. The van der Waals surface area contributed by atoms with Crippen molar-refractivity contribution in [1.82, 2.24) is 29.7 Å². The van der Waals surface area contributed by atoms with Crippen molar-refractivity contribution < 1.29 is 19.8 Å². The van der Waals surface area contributed by atoms with E-state index in [0.29, 0.717) is 41.4 Å². The van der Waals surface area contributed by atoms with Gasteiger partial charge in [-0.3, -0.25) is 19.5 Å². The first-order valence-corrected chi connectivity index (χ1v) is 19.5. The monoisotopic (exact) mass is 764 g/mol. The first kappa shape index (κ1) is 38.4. The summed E-state index contributed by atoms with van der Waals surface area (Å²) in [6, 6.07) is 15.6. The van der Waals surface area contributed by atoms with Crippen molar-refractivity contribution in [2.24, 2.45) is 18.9 Å². The van der Waals surface area contributed by atoms with E-state index in [9.17, 15) is 19.8 Å². The number of amides is 1.